The highest BCUT2D eigenvalue weighted by Crippen LogP contribution is 2.06. The quantitative estimate of drug-likeness (QED) is 0.732. The van der Waals surface area contributed by atoms with Crippen LogP contribution in [-0.4, -0.2) is 79.6 Å². The molecule has 2 aliphatic rings. The normalized spacial score (nSPS) is 19.3. The molecule has 2 rings (SSSR count). The molecule has 0 aromatic heterocycles. The fraction of sp³-hybridized carbons (Fsp3) is 0.800. The Balaban J connectivity index is 1.59. The Morgan fingerprint density at radius 3 is 2.26 bits per heavy atom. The van der Waals surface area contributed by atoms with Gasteiger partial charge in [-0.05, 0) is 12.8 Å². The van der Waals surface area contributed by atoms with Crippen LogP contribution in [-0.2, 0) is 14.3 Å². The molecule has 0 unspecified atom stereocenters. The molecule has 0 radical (unpaired) electrons. The molecule has 2 N–H and O–H groups in total. The Labute approximate surface area is 136 Å². The van der Waals surface area contributed by atoms with Crippen molar-refractivity contribution in [2.45, 2.75) is 32.2 Å². The van der Waals surface area contributed by atoms with Crippen LogP contribution in [0.15, 0.2) is 0 Å². The predicted molar refractivity (Wildman–Crippen MR) is 83.8 cm³/mol. The van der Waals surface area contributed by atoms with Crippen molar-refractivity contribution in [2.24, 2.45) is 0 Å². The van der Waals surface area contributed by atoms with Crippen LogP contribution in [0.5, 0.6) is 0 Å². The zero-order valence-corrected chi connectivity index (χ0v) is 13.7. The van der Waals surface area contributed by atoms with Crippen LogP contribution < -0.4 is 10.6 Å². The number of hydrogen-bond donors (Lipinski definition) is 2. The fourth-order valence-electron chi connectivity index (χ4n) is 2.79. The summed E-state index contributed by atoms with van der Waals surface area (Å²) in [6, 6.07) is -0.0785. The van der Waals surface area contributed by atoms with Crippen molar-refractivity contribution in [3.05, 3.63) is 0 Å². The lowest BCUT2D eigenvalue weighted by Crippen LogP contribution is -2.50. The highest BCUT2D eigenvalue weighted by atomic mass is 16.5. The number of carbonyl (C=O) groups is 3. The Hall–Kier alpha value is -1.83. The van der Waals surface area contributed by atoms with Crippen LogP contribution in [0.4, 0.5) is 4.79 Å². The second-order valence-electron chi connectivity index (χ2n) is 5.92. The molecule has 8 nitrogen and oxygen atoms in total. The third-order valence-electron chi connectivity index (χ3n) is 4.26. The molecule has 0 saturated carbocycles. The molecule has 23 heavy (non-hydrogen) atoms. The van der Waals surface area contributed by atoms with E-state index < -0.39 is 0 Å². The van der Waals surface area contributed by atoms with Gasteiger partial charge in [0, 0.05) is 65.3 Å². The number of carbonyl (C=O) groups excluding carboxylic acids is 3. The van der Waals surface area contributed by atoms with E-state index in [1.165, 1.54) is 0 Å². The van der Waals surface area contributed by atoms with Crippen LogP contribution in [0.25, 0.3) is 0 Å². The summed E-state index contributed by atoms with van der Waals surface area (Å²) in [5.74, 6) is 0.0584. The molecule has 130 valence electrons. The van der Waals surface area contributed by atoms with Gasteiger partial charge in [0.1, 0.15) is 0 Å². The maximum atomic E-state index is 12.1. The topological polar surface area (TPSA) is 91.0 Å². The first-order valence-electron chi connectivity index (χ1n) is 8.21. The average Bonchev–Trinajstić information content (AvgIpc) is 2.55. The minimum Gasteiger partial charge on any atom is -0.381 e. The van der Waals surface area contributed by atoms with Gasteiger partial charge in [-0.3, -0.25) is 9.59 Å². The SMILES string of the molecule is CC(=O)N1CCN(C(=O)CCNC(=O)NC2CCOCC2)CC1. The van der Waals surface area contributed by atoms with Gasteiger partial charge in [-0.1, -0.05) is 0 Å². The van der Waals surface area contributed by atoms with E-state index in [0.717, 1.165) is 12.8 Å². The van der Waals surface area contributed by atoms with E-state index in [9.17, 15) is 14.4 Å². The van der Waals surface area contributed by atoms with Crippen LogP contribution in [0.3, 0.4) is 0 Å². The van der Waals surface area contributed by atoms with E-state index in [0.29, 0.717) is 45.9 Å². The van der Waals surface area contributed by atoms with E-state index in [4.69, 9.17) is 4.74 Å². The second kappa shape index (κ2) is 8.71. The molecule has 0 aromatic carbocycles. The summed E-state index contributed by atoms with van der Waals surface area (Å²) in [5.41, 5.74) is 0. The Morgan fingerprint density at radius 1 is 1.04 bits per heavy atom. The van der Waals surface area contributed by atoms with Gasteiger partial charge < -0.3 is 25.2 Å². The first kappa shape index (κ1) is 17.5. The van der Waals surface area contributed by atoms with Gasteiger partial charge in [-0.15, -0.1) is 0 Å². The van der Waals surface area contributed by atoms with Gasteiger partial charge in [0.15, 0.2) is 0 Å². The van der Waals surface area contributed by atoms with E-state index in [-0.39, 0.29) is 30.3 Å². The fourth-order valence-corrected chi connectivity index (χ4v) is 2.79. The van der Waals surface area contributed by atoms with Gasteiger partial charge in [0.2, 0.25) is 11.8 Å². The number of rotatable bonds is 4. The average molecular weight is 326 g/mol. The van der Waals surface area contributed by atoms with Gasteiger partial charge in [-0.25, -0.2) is 4.79 Å². The molecule has 0 spiro atoms. The number of piperazine rings is 1. The molecule has 2 fully saturated rings. The molecule has 2 aliphatic heterocycles. The van der Waals surface area contributed by atoms with Crippen molar-refractivity contribution in [1.82, 2.24) is 20.4 Å². The highest BCUT2D eigenvalue weighted by Gasteiger charge is 2.22. The summed E-state index contributed by atoms with van der Waals surface area (Å²) in [4.78, 5) is 38.6. The number of nitrogens with one attached hydrogen (secondary N) is 2. The minimum atomic E-state index is -0.230. The number of urea groups is 1. The van der Waals surface area contributed by atoms with E-state index in [1.807, 2.05) is 0 Å². The first-order valence-corrected chi connectivity index (χ1v) is 8.21. The predicted octanol–water partition coefficient (Wildman–Crippen LogP) is -0.455. The molecular weight excluding hydrogens is 300 g/mol. The lowest BCUT2D eigenvalue weighted by atomic mass is 10.1. The largest absolute Gasteiger partial charge is 0.381 e. The molecule has 2 heterocycles. The summed E-state index contributed by atoms with van der Waals surface area (Å²) in [7, 11) is 0. The molecule has 8 heteroatoms. The van der Waals surface area contributed by atoms with Crippen molar-refractivity contribution in [3.8, 4) is 0 Å². The third kappa shape index (κ3) is 5.70. The molecular formula is C15H26N4O4. The van der Waals surface area contributed by atoms with Crippen LogP contribution >= 0.6 is 0 Å². The smallest absolute Gasteiger partial charge is 0.315 e. The van der Waals surface area contributed by atoms with E-state index in [1.54, 1.807) is 16.7 Å². The summed E-state index contributed by atoms with van der Waals surface area (Å²) < 4.78 is 5.24. The first-order chi connectivity index (χ1) is 11.1. The number of ether oxygens (including phenoxy) is 1. The maximum Gasteiger partial charge on any atom is 0.315 e. The number of hydrogen-bond acceptors (Lipinski definition) is 4. The van der Waals surface area contributed by atoms with E-state index >= 15 is 0 Å². The summed E-state index contributed by atoms with van der Waals surface area (Å²) in [6.45, 7) is 5.50. The lowest BCUT2D eigenvalue weighted by Gasteiger charge is -2.34. The van der Waals surface area contributed by atoms with Crippen molar-refractivity contribution < 1.29 is 19.1 Å². The van der Waals surface area contributed by atoms with Crippen molar-refractivity contribution in [1.29, 1.82) is 0 Å². The van der Waals surface area contributed by atoms with Crippen molar-refractivity contribution in [3.63, 3.8) is 0 Å². The number of nitrogens with zero attached hydrogens (tertiary/aromatic N) is 2. The summed E-state index contributed by atoms with van der Waals surface area (Å²) in [6.07, 6.45) is 1.93. The molecule has 0 atom stereocenters. The zero-order chi connectivity index (χ0) is 16.7. The Bertz CT molecular complexity index is 429. The van der Waals surface area contributed by atoms with Gasteiger partial charge in [0.25, 0.3) is 0 Å². The summed E-state index contributed by atoms with van der Waals surface area (Å²) >= 11 is 0. The lowest BCUT2D eigenvalue weighted by molar-refractivity contribution is -0.138. The standard InChI is InChI=1S/C15H26N4O4/c1-12(20)18-6-8-19(9-7-18)14(21)2-5-16-15(22)17-13-3-10-23-11-4-13/h13H,2-11H2,1H3,(H2,16,17,22). The van der Waals surface area contributed by atoms with E-state index in [2.05, 4.69) is 10.6 Å². The molecule has 0 aliphatic carbocycles. The minimum absolute atomic E-state index is 0.0135. The third-order valence-corrected chi connectivity index (χ3v) is 4.26. The maximum absolute atomic E-state index is 12.1. The van der Waals surface area contributed by atoms with Crippen LogP contribution in [0, 0.1) is 0 Å². The summed E-state index contributed by atoms with van der Waals surface area (Å²) in [5, 5.41) is 5.62. The second-order valence-corrected chi connectivity index (χ2v) is 5.92. The van der Waals surface area contributed by atoms with Gasteiger partial charge in [-0.2, -0.15) is 0 Å². The monoisotopic (exact) mass is 326 g/mol. The van der Waals surface area contributed by atoms with Crippen molar-refractivity contribution >= 4 is 17.8 Å². The van der Waals surface area contributed by atoms with Crippen LogP contribution in [0.2, 0.25) is 0 Å². The van der Waals surface area contributed by atoms with Gasteiger partial charge >= 0.3 is 6.03 Å². The molecule has 0 aromatic rings. The highest BCUT2D eigenvalue weighted by molar-refractivity contribution is 5.79. The Kier molecular flexibility index (Phi) is 6.64. The zero-order valence-electron chi connectivity index (χ0n) is 13.7. The van der Waals surface area contributed by atoms with Crippen molar-refractivity contribution in [2.75, 3.05) is 45.9 Å². The Morgan fingerprint density at radius 2 is 1.65 bits per heavy atom. The molecule has 2 saturated heterocycles. The molecule has 4 amide bonds. The van der Waals surface area contributed by atoms with Gasteiger partial charge in [0.05, 0.1) is 0 Å². The van der Waals surface area contributed by atoms with Crippen LogP contribution in [0.1, 0.15) is 26.2 Å². The molecule has 0 bridgehead atoms. The number of amides is 4.